The summed E-state index contributed by atoms with van der Waals surface area (Å²) in [6.45, 7) is 5.93. The molecule has 0 N–H and O–H groups in total. The van der Waals surface area contributed by atoms with E-state index < -0.39 is 17.9 Å². The maximum Gasteiger partial charge on any atom is 0.413 e. The standard InChI is InChI=1S/C19H23NO6/c1-6-11-24-14-8-7-13(12-21)16(17(14)23-5)25-15-9-10-20(15)18(22)26-19(2,3)4/h1,7-8,12,15H,9-11H2,2-5H3. The lowest BCUT2D eigenvalue weighted by molar-refractivity contribution is -0.0670. The Bertz CT molecular complexity index is 716. The molecule has 26 heavy (non-hydrogen) atoms. The number of methoxy groups -OCH3 is 1. The summed E-state index contributed by atoms with van der Waals surface area (Å²) in [5.41, 5.74) is -0.322. The van der Waals surface area contributed by atoms with Crippen molar-refractivity contribution in [2.24, 2.45) is 0 Å². The minimum absolute atomic E-state index is 0.0453. The van der Waals surface area contributed by atoms with Crippen LogP contribution in [0.4, 0.5) is 4.79 Å². The van der Waals surface area contributed by atoms with Gasteiger partial charge in [0.2, 0.25) is 5.75 Å². The average molecular weight is 361 g/mol. The predicted molar refractivity (Wildman–Crippen MR) is 94.7 cm³/mol. The lowest BCUT2D eigenvalue weighted by Gasteiger charge is -2.41. The van der Waals surface area contributed by atoms with Gasteiger partial charge in [-0.2, -0.15) is 0 Å². The molecule has 0 aromatic heterocycles. The van der Waals surface area contributed by atoms with Gasteiger partial charge in [-0.25, -0.2) is 4.79 Å². The molecule has 1 saturated heterocycles. The van der Waals surface area contributed by atoms with Crippen molar-refractivity contribution in [2.75, 3.05) is 20.3 Å². The van der Waals surface area contributed by atoms with Crippen LogP contribution in [0.2, 0.25) is 0 Å². The molecule has 7 heteroatoms. The van der Waals surface area contributed by atoms with Crippen LogP contribution >= 0.6 is 0 Å². The van der Waals surface area contributed by atoms with Gasteiger partial charge in [0.1, 0.15) is 12.2 Å². The summed E-state index contributed by atoms with van der Waals surface area (Å²) >= 11 is 0. The Hall–Kier alpha value is -2.88. The normalized spacial score (nSPS) is 16.1. The molecular formula is C19H23NO6. The molecule has 1 amide bonds. The number of benzene rings is 1. The summed E-state index contributed by atoms with van der Waals surface area (Å²) in [6.07, 6.45) is 5.45. The number of ether oxygens (including phenoxy) is 4. The lowest BCUT2D eigenvalue weighted by Crippen LogP contribution is -2.55. The van der Waals surface area contributed by atoms with E-state index in [-0.39, 0.29) is 23.7 Å². The second kappa shape index (κ2) is 8.00. The smallest absolute Gasteiger partial charge is 0.413 e. The molecule has 0 bridgehead atoms. The van der Waals surface area contributed by atoms with Gasteiger partial charge in [-0.05, 0) is 32.9 Å². The molecule has 1 aliphatic heterocycles. The van der Waals surface area contributed by atoms with E-state index in [0.717, 1.165) is 0 Å². The fourth-order valence-corrected chi connectivity index (χ4v) is 2.35. The minimum atomic E-state index is -0.605. The van der Waals surface area contributed by atoms with Gasteiger partial charge in [0.15, 0.2) is 24.0 Å². The Kier molecular flexibility index (Phi) is 5.98. The fraction of sp³-hybridized carbons (Fsp3) is 0.474. The zero-order valence-electron chi connectivity index (χ0n) is 15.4. The van der Waals surface area contributed by atoms with Crippen molar-refractivity contribution in [3.05, 3.63) is 17.7 Å². The van der Waals surface area contributed by atoms with Gasteiger partial charge in [0, 0.05) is 13.0 Å². The van der Waals surface area contributed by atoms with Crippen LogP contribution in [0.3, 0.4) is 0 Å². The number of aldehydes is 1. The fourth-order valence-electron chi connectivity index (χ4n) is 2.35. The molecule has 1 heterocycles. The molecule has 1 atom stereocenters. The maximum atomic E-state index is 12.2. The van der Waals surface area contributed by atoms with Crippen LogP contribution in [0.1, 0.15) is 37.6 Å². The highest BCUT2D eigenvalue weighted by Crippen LogP contribution is 2.41. The van der Waals surface area contributed by atoms with Crippen LogP contribution in [-0.2, 0) is 4.74 Å². The molecule has 1 aromatic carbocycles. The van der Waals surface area contributed by atoms with Crippen LogP contribution in [0.25, 0.3) is 0 Å². The van der Waals surface area contributed by atoms with Gasteiger partial charge < -0.3 is 18.9 Å². The van der Waals surface area contributed by atoms with E-state index in [1.165, 1.54) is 12.0 Å². The summed E-state index contributed by atoms with van der Waals surface area (Å²) in [4.78, 5) is 25.1. The van der Waals surface area contributed by atoms with Gasteiger partial charge >= 0.3 is 6.09 Å². The van der Waals surface area contributed by atoms with Crippen LogP contribution in [0, 0.1) is 12.3 Å². The number of terminal acetylenes is 1. The predicted octanol–water partition coefficient (Wildman–Crippen LogP) is 2.87. The largest absolute Gasteiger partial charge is 0.490 e. The van der Waals surface area contributed by atoms with E-state index in [0.29, 0.717) is 25.0 Å². The molecule has 7 nitrogen and oxygen atoms in total. The molecule has 2 rings (SSSR count). The minimum Gasteiger partial charge on any atom is -0.490 e. The summed E-state index contributed by atoms with van der Waals surface area (Å²) in [5, 5.41) is 0. The van der Waals surface area contributed by atoms with Gasteiger partial charge in [0.25, 0.3) is 0 Å². The third-order valence-electron chi connectivity index (χ3n) is 3.60. The van der Waals surface area contributed by atoms with Gasteiger partial charge in [-0.1, -0.05) is 5.92 Å². The topological polar surface area (TPSA) is 74.3 Å². The van der Waals surface area contributed by atoms with Crippen LogP contribution < -0.4 is 14.2 Å². The second-order valence-corrected chi connectivity index (χ2v) is 6.66. The first kappa shape index (κ1) is 19.4. The third kappa shape index (κ3) is 4.39. The van der Waals surface area contributed by atoms with Crippen molar-refractivity contribution in [3.63, 3.8) is 0 Å². The molecule has 140 valence electrons. The third-order valence-corrected chi connectivity index (χ3v) is 3.60. The Morgan fingerprint density at radius 3 is 2.62 bits per heavy atom. The number of rotatable bonds is 6. The van der Waals surface area contributed by atoms with Crippen molar-refractivity contribution < 1.29 is 28.5 Å². The number of likely N-dealkylation sites (tertiary alicyclic amines) is 1. The Labute approximate surface area is 153 Å². The van der Waals surface area contributed by atoms with Crippen LogP contribution in [-0.4, -0.2) is 49.4 Å². The molecule has 1 fully saturated rings. The average Bonchev–Trinajstić information content (AvgIpc) is 2.54. The molecule has 0 radical (unpaired) electrons. The molecule has 0 spiro atoms. The van der Waals surface area contributed by atoms with E-state index >= 15 is 0 Å². The molecule has 0 saturated carbocycles. The van der Waals surface area contributed by atoms with Crippen LogP contribution in [0.5, 0.6) is 17.2 Å². The number of nitrogens with zero attached hydrogens (tertiary/aromatic N) is 1. The first-order chi connectivity index (χ1) is 12.3. The Morgan fingerprint density at radius 2 is 2.12 bits per heavy atom. The Balaban J connectivity index is 2.23. The van der Waals surface area contributed by atoms with Gasteiger partial charge in [-0.3, -0.25) is 9.69 Å². The summed E-state index contributed by atoms with van der Waals surface area (Å²) in [7, 11) is 1.44. The van der Waals surface area contributed by atoms with Gasteiger partial charge in [0.05, 0.1) is 12.7 Å². The van der Waals surface area contributed by atoms with Crippen molar-refractivity contribution in [3.8, 4) is 29.6 Å². The van der Waals surface area contributed by atoms with Crippen molar-refractivity contribution >= 4 is 12.4 Å². The Morgan fingerprint density at radius 1 is 1.38 bits per heavy atom. The number of carbonyl (C=O) groups excluding carboxylic acids is 2. The van der Waals surface area contributed by atoms with E-state index in [1.54, 1.807) is 32.9 Å². The summed E-state index contributed by atoms with van der Waals surface area (Å²) in [5.74, 6) is 3.18. The monoisotopic (exact) mass is 361 g/mol. The van der Waals surface area contributed by atoms with Crippen molar-refractivity contribution in [1.82, 2.24) is 4.90 Å². The SMILES string of the molecule is C#CCOc1ccc(C=O)c(OC2CCN2C(=O)OC(C)(C)C)c1OC. The zero-order chi connectivity index (χ0) is 19.3. The van der Waals surface area contributed by atoms with E-state index in [4.69, 9.17) is 25.4 Å². The summed E-state index contributed by atoms with van der Waals surface area (Å²) in [6, 6.07) is 3.13. The van der Waals surface area contributed by atoms with E-state index in [9.17, 15) is 9.59 Å². The molecule has 0 aliphatic carbocycles. The lowest BCUT2D eigenvalue weighted by atomic mass is 10.1. The highest BCUT2D eigenvalue weighted by Gasteiger charge is 2.38. The van der Waals surface area contributed by atoms with Crippen LogP contribution in [0.15, 0.2) is 12.1 Å². The zero-order valence-corrected chi connectivity index (χ0v) is 15.4. The molecule has 1 aromatic rings. The van der Waals surface area contributed by atoms with Gasteiger partial charge in [-0.15, -0.1) is 6.42 Å². The first-order valence-corrected chi connectivity index (χ1v) is 8.19. The molecular weight excluding hydrogens is 338 g/mol. The number of amides is 1. The first-order valence-electron chi connectivity index (χ1n) is 8.19. The van der Waals surface area contributed by atoms with E-state index in [1.807, 2.05) is 0 Å². The molecule has 1 unspecified atom stereocenters. The number of hydrogen-bond donors (Lipinski definition) is 0. The van der Waals surface area contributed by atoms with Crippen molar-refractivity contribution in [2.45, 2.75) is 39.0 Å². The summed E-state index contributed by atoms with van der Waals surface area (Å²) < 4.78 is 22.0. The highest BCUT2D eigenvalue weighted by molar-refractivity contribution is 5.82. The number of carbonyl (C=O) groups is 2. The highest BCUT2D eigenvalue weighted by atomic mass is 16.6. The maximum absolute atomic E-state index is 12.2. The van der Waals surface area contributed by atoms with E-state index in [2.05, 4.69) is 5.92 Å². The van der Waals surface area contributed by atoms with Crippen molar-refractivity contribution in [1.29, 1.82) is 0 Å². The molecule has 1 aliphatic rings. The quantitative estimate of drug-likeness (QED) is 0.573. The number of hydrogen-bond acceptors (Lipinski definition) is 6. The second-order valence-electron chi connectivity index (χ2n) is 6.66.